The third-order valence-corrected chi connectivity index (χ3v) is 6.43. The molecule has 0 radical (unpaired) electrons. The fourth-order valence-electron chi connectivity index (χ4n) is 4.63. The Labute approximate surface area is 208 Å². The van der Waals surface area contributed by atoms with E-state index in [-0.39, 0.29) is 17.0 Å². The Morgan fingerprint density at radius 2 is 1.69 bits per heavy atom. The minimum atomic E-state index is -0.551. The number of rotatable bonds is 6. The first-order valence-corrected chi connectivity index (χ1v) is 12.1. The van der Waals surface area contributed by atoms with Crippen LogP contribution in [0.25, 0.3) is 27.4 Å². The minimum Gasteiger partial charge on any atom is -0.329 e. The molecular formula is C30H26FN3O2. The van der Waals surface area contributed by atoms with Crippen LogP contribution in [-0.4, -0.2) is 26.9 Å². The van der Waals surface area contributed by atoms with Gasteiger partial charge in [0.15, 0.2) is 0 Å². The normalized spacial score (nSPS) is 12.1. The second-order valence-corrected chi connectivity index (χ2v) is 8.84. The van der Waals surface area contributed by atoms with Crippen molar-refractivity contribution in [1.29, 1.82) is 0 Å². The van der Waals surface area contributed by atoms with Gasteiger partial charge in [-0.1, -0.05) is 55.5 Å². The number of amides is 1. The largest absolute Gasteiger partial charge is 0.329 e. The first-order chi connectivity index (χ1) is 17.5. The summed E-state index contributed by atoms with van der Waals surface area (Å²) in [7, 11) is 0. The Morgan fingerprint density at radius 3 is 2.47 bits per heavy atom. The second-order valence-electron chi connectivity index (χ2n) is 8.84. The zero-order valence-electron chi connectivity index (χ0n) is 20.2. The van der Waals surface area contributed by atoms with Crippen LogP contribution in [0.15, 0.2) is 95.8 Å². The van der Waals surface area contributed by atoms with Gasteiger partial charge >= 0.3 is 0 Å². The lowest BCUT2D eigenvalue weighted by atomic mass is 10.1. The number of para-hydroxylation sites is 1. The first kappa shape index (κ1) is 23.4. The summed E-state index contributed by atoms with van der Waals surface area (Å²) in [6, 6.07) is 26.1. The highest BCUT2D eigenvalue weighted by atomic mass is 19.1. The lowest BCUT2D eigenvalue weighted by Gasteiger charge is -2.30. The molecule has 1 heterocycles. The molecule has 0 bridgehead atoms. The van der Waals surface area contributed by atoms with Gasteiger partial charge in [0.2, 0.25) is 0 Å². The van der Waals surface area contributed by atoms with Gasteiger partial charge in [0.1, 0.15) is 11.6 Å². The van der Waals surface area contributed by atoms with E-state index in [1.165, 1.54) is 18.2 Å². The number of halogens is 1. The summed E-state index contributed by atoms with van der Waals surface area (Å²) in [5.74, 6) is -0.328. The Bertz CT molecular complexity index is 1640. The molecule has 0 fully saturated rings. The van der Waals surface area contributed by atoms with Gasteiger partial charge in [-0.15, -0.1) is 0 Å². The predicted octanol–water partition coefficient (Wildman–Crippen LogP) is 6.29. The Balaban J connectivity index is 1.71. The molecule has 1 unspecified atom stereocenters. The van der Waals surface area contributed by atoms with Gasteiger partial charge < -0.3 is 4.90 Å². The van der Waals surface area contributed by atoms with E-state index >= 15 is 0 Å². The molecule has 6 heteroatoms. The van der Waals surface area contributed by atoms with Crippen molar-refractivity contribution >= 4 is 27.6 Å². The molecule has 0 spiro atoms. The standard InChI is InChI=1S/C30H26FN3O2/c1-3-17-33(29(35)23-11-8-12-24(31)18-23)20(2)28-32-27-14-7-6-13-26(27)30(36)34(28)25-16-15-21-9-4-5-10-22(21)19-25/h4-16,18-20H,3,17H2,1-2H3. The maximum atomic E-state index is 13.9. The van der Waals surface area contributed by atoms with E-state index in [1.807, 2.05) is 68.4 Å². The fraction of sp³-hybridized carbons (Fsp3) is 0.167. The number of nitrogens with zero attached hydrogens (tertiary/aromatic N) is 3. The van der Waals surface area contributed by atoms with Crippen molar-refractivity contribution in [3.63, 3.8) is 0 Å². The van der Waals surface area contributed by atoms with E-state index in [1.54, 1.807) is 27.7 Å². The number of benzene rings is 4. The quantitative estimate of drug-likeness (QED) is 0.288. The lowest BCUT2D eigenvalue weighted by molar-refractivity contribution is 0.0680. The van der Waals surface area contributed by atoms with Crippen molar-refractivity contribution in [3.8, 4) is 5.69 Å². The summed E-state index contributed by atoms with van der Waals surface area (Å²) in [6.45, 7) is 4.26. The van der Waals surface area contributed by atoms with E-state index in [0.29, 0.717) is 35.4 Å². The Morgan fingerprint density at radius 1 is 0.944 bits per heavy atom. The summed E-state index contributed by atoms with van der Waals surface area (Å²) in [4.78, 5) is 33.9. The van der Waals surface area contributed by atoms with Gasteiger partial charge in [-0.05, 0) is 66.6 Å². The molecular weight excluding hydrogens is 453 g/mol. The summed E-state index contributed by atoms with van der Waals surface area (Å²) in [5.41, 5.74) is 1.30. The average molecular weight is 480 g/mol. The molecule has 1 amide bonds. The van der Waals surface area contributed by atoms with Crippen LogP contribution in [0.4, 0.5) is 4.39 Å². The van der Waals surface area contributed by atoms with Crippen LogP contribution < -0.4 is 5.56 Å². The van der Waals surface area contributed by atoms with E-state index in [4.69, 9.17) is 4.98 Å². The van der Waals surface area contributed by atoms with Crippen molar-refractivity contribution in [2.24, 2.45) is 0 Å². The first-order valence-electron chi connectivity index (χ1n) is 12.1. The monoisotopic (exact) mass is 479 g/mol. The molecule has 0 N–H and O–H groups in total. The van der Waals surface area contributed by atoms with Crippen LogP contribution in [0.3, 0.4) is 0 Å². The van der Waals surface area contributed by atoms with Gasteiger partial charge in [0, 0.05) is 12.1 Å². The molecule has 1 atom stereocenters. The SMILES string of the molecule is CCCN(C(=O)c1cccc(F)c1)C(C)c1nc2ccccc2c(=O)n1-c1ccc2ccccc2c1. The van der Waals surface area contributed by atoms with Gasteiger partial charge in [-0.25, -0.2) is 9.37 Å². The smallest absolute Gasteiger partial charge is 0.266 e. The second kappa shape index (κ2) is 9.74. The van der Waals surface area contributed by atoms with Crippen LogP contribution in [0, 0.1) is 5.82 Å². The highest BCUT2D eigenvalue weighted by molar-refractivity contribution is 5.94. The summed E-state index contributed by atoms with van der Waals surface area (Å²) >= 11 is 0. The van der Waals surface area contributed by atoms with Crippen molar-refractivity contribution in [2.45, 2.75) is 26.3 Å². The molecule has 4 aromatic carbocycles. The zero-order valence-corrected chi connectivity index (χ0v) is 20.2. The maximum absolute atomic E-state index is 13.9. The molecule has 0 aliphatic carbocycles. The molecule has 180 valence electrons. The molecule has 1 aromatic heterocycles. The van der Waals surface area contributed by atoms with E-state index < -0.39 is 11.9 Å². The summed E-state index contributed by atoms with van der Waals surface area (Å²) < 4.78 is 15.5. The number of hydrogen-bond donors (Lipinski definition) is 0. The van der Waals surface area contributed by atoms with Gasteiger partial charge in [0.05, 0.1) is 22.6 Å². The topological polar surface area (TPSA) is 55.2 Å². The molecule has 0 aliphatic heterocycles. The lowest BCUT2D eigenvalue weighted by Crippen LogP contribution is -2.38. The highest BCUT2D eigenvalue weighted by Gasteiger charge is 2.27. The molecule has 0 aliphatic rings. The van der Waals surface area contributed by atoms with Crippen molar-refractivity contribution in [1.82, 2.24) is 14.5 Å². The average Bonchev–Trinajstić information content (AvgIpc) is 2.90. The van der Waals surface area contributed by atoms with Gasteiger partial charge in [0.25, 0.3) is 11.5 Å². The summed E-state index contributed by atoms with van der Waals surface area (Å²) in [6.07, 6.45) is 0.694. The zero-order chi connectivity index (χ0) is 25.2. The van der Waals surface area contributed by atoms with Crippen molar-refractivity contribution < 1.29 is 9.18 Å². The van der Waals surface area contributed by atoms with Gasteiger partial charge in [-0.2, -0.15) is 0 Å². The van der Waals surface area contributed by atoms with Crippen LogP contribution in [0.1, 0.15) is 42.5 Å². The third-order valence-electron chi connectivity index (χ3n) is 6.43. The third kappa shape index (κ3) is 4.26. The number of hydrogen-bond acceptors (Lipinski definition) is 3. The van der Waals surface area contributed by atoms with E-state index in [0.717, 1.165) is 10.8 Å². The molecule has 5 nitrogen and oxygen atoms in total. The Hall–Kier alpha value is -4.32. The van der Waals surface area contributed by atoms with Crippen LogP contribution in [0.5, 0.6) is 0 Å². The molecule has 36 heavy (non-hydrogen) atoms. The molecule has 0 saturated heterocycles. The summed E-state index contributed by atoms with van der Waals surface area (Å²) in [5, 5.41) is 2.56. The van der Waals surface area contributed by atoms with E-state index in [2.05, 4.69) is 0 Å². The maximum Gasteiger partial charge on any atom is 0.266 e. The molecule has 0 saturated carbocycles. The minimum absolute atomic E-state index is 0.201. The van der Waals surface area contributed by atoms with Gasteiger partial charge in [-0.3, -0.25) is 14.2 Å². The van der Waals surface area contributed by atoms with Crippen molar-refractivity contribution in [3.05, 3.63) is 119 Å². The van der Waals surface area contributed by atoms with Crippen molar-refractivity contribution in [2.75, 3.05) is 6.54 Å². The van der Waals surface area contributed by atoms with E-state index in [9.17, 15) is 14.0 Å². The van der Waals surface area contributed by atoms with Crippen LogP contribution in [-0.2, 0) is 0 Å². The van der Waals surface area contributed by atoms with Crippen LogP contribution in [0.2, 0.25) is 0 Å². The van der Waals surface area contributed by atoms with Crippen LogP contribution >= 0.6 is 0 Å². The number of fused-ring (bicyclic) bond motifs is 2. The predicted molar refractivity (Wildman–Crippen MR) is 141 cm³/mol. The highest BCUT2D eigenvalue weighted by Crippen LogP contribution is 2.26. The Kier molecular flexibility index (Phi) is 6.34. The number of aromatic nitrogens is 2. The molecule has 5 rings (SSSR count). The fourth-order valence-corrected chi connectivity index (χ4v) is 4.63. The molecule has 5 aromatic rings. The number of carbonyl (C=O) groups is 1. The number of carbonyl (C=O) groups excluding carboxylic acids is 1.